The van der Waals surface area contributed by atoms with Gasteiger partial charge in [0.2, 0.25) is 16.9 Å². The van der Waals surface area contributed by atoms with Crippen molar-refractivity contribution in [1.29, 1.82) is 0 Å². The van der Waals surface area contributed by atoms with Crippen molar-refractivity contribution in [1.82, 2.24) is 15.6 Å². The van der Waals surface area contributed by atoms with Crippen molar-refractivity contribution in [2.24, 2.45) is 5.10 Å². The quantitative estimate of drug-likeness (QED) is 0.234. The van der Waals surface area contributed by atoms with E-state index >= 15 is 0 Å². The predicted molar refractivity (Wildman–Crippen MR) is 129 cm³/mol. The van der Waals surface area contributed by atoms with E-state index in [0.717, 1.165) is 39.9 Å². The maximum Gasteiger partial charge on any atom is 0.247 e. The second-order valence-electron chi connectivity index (χ2n) is 7.36. The minimum absolute atomic E-state index is 0.0378. The number of carbonyl (C=O) groups is 2. The zero-order valence-electron chi connectivity index (χ0n) is 17.7. The number of rotatable bonds is 8. The topological polar surface area (TPSA) is 96.3 Å². The molecule has 0 saturated carbocycles. The number of nitrogens with zero attached hydrogens (tertiary/aromatic N) is 3. The van der Waals surface area contributed by atoms with Gasteiger partial charge in [0.1, 0.15) is 5.01 Å². The zero-order chi connectivity index (χ0) is 22.3. The van der Waals surface area contributed by atoms with E-state index in [-0.39, 0.29) is 18.2 Å². The average molecular weight is 446 g/mol. The van der Waals surface area contributed by atoms with Crippen LogP contribution in [0.5, 0.6) is 0 Å². The summed E-state index contributed by atoms with van der Waals surface area (Å²) in [5, 5.41) is 20.1. The molecule has 32 heavy (non-hydrogen) atoms. The maximum atomic E-state index is 12.3. The molecule has 162 valence electrons. The molecule has 4 aromatic rings. The number of fused-ring (bicyclic) bond motifs is 2. The molecule has 0 unspecified atom stereocenters. The van der Waals surface area contributed by atoms with Crippen molar-refractivity contribution < 1.29 is 9.59 Å². The number of unbranched alkanes of at least 4 members (excludes halogenated alkanes) is 1. The van der Waals surface area contributed by atoms with Crippen molar-refractivity contribution in [3.63, 3.8) is 0 Å². The van der Waals surface area contributed by atoms with Gasteiger partial charge in [-0.2, -0.15) is 5.10 Å². The molecule has 2 N–H and O–H groups in total. The van der Waals surface area contributed by atoms with E-state index in [1.54, 1.807) is 6.21 Å². The van der Waals surface area contributed by atoms with Crippen LogP contribution in [-0.4, -0.2) is 28.2 Å². The summed E-state index contributed by atoms with van der Waals surface area (Å²) in [6.45, 7) is 2.03. The van der Waals surface area contributed by atoms with E-state index in [0.29, 0.717) is 16.6 Å². The molecule has 1 aromatic heterocycles. The Bertz CT molecular complexity index is 1240. The standard InChI is InChI=1S/C24H23N5O2S/c1-2-3-12-21(30)26-24-29-28-23(32-24)14-22(31)27-25-15-20-18-10-6-4-8-16(18)13-17-9-5-7-11-19(17)20/h4-11,13,15H,2-3,12,14H2,1H3,(H,27,31)(H,26,29,30)/b25-15-. The second-order valence-corrected chi connectivity index (χ2v) is 8.42. The number of nitrogens with one attached hydrogen (secondary N) is 2. The minimum Gasteiger partial charge on any atom is -0.301 e. The molecule has 2 amide bonds. The molecule has 0 atom stereocenters. The van der Waals surface area contributed by atoms with Crippen LogP contribution in [0, 0.1) is 0 Å². The number of hydrazone groups is 1. The molecule has 7 nitrogen and oxygen atoms in total. The Morgan fingerprint density at radius 1 is 1.00 bits per heavy atom. The molecular weight excluding hydrogens is 422 g/mol. The van der Waals surface area contributed by atoms with Crippen LogP contribution >= 0.6 is 11.3 Å². The van der Waals surface area contributed by atoms with Crippen LogP contribution in [0.3, 0.4) is 0 Å². The highest BCUT2D eigenvalue weighted by atomic mass is 32.1. The van der Waals surface area contributed by atoms with Crippen molar-refractivity contribution >= 4 is 56.0 Å². The largest absolute Gasteiger partial charge is 0.301 e. The van der Waals surface area contributed by atoms with E-state index in [9.17, 15) is 9.59 Å². The van der Waals surface area contributed by atoms with Gasteiger partial charge in [-0.1, -0.05) is 73.2 Å². The number of aromatic nitrogens is 2. The number of benzene rings is 3. The van der Waals surface area contributed by atoms with Gasteiger partial charge in [-0.3, -0.25) is 9.59 Å². The number of anilines is 1. The van der Waals surface area contributed by atoms with E-state index in [1.165, 1.54) is 11.3 Å². The second kappa shape index (κ2) is 10.1. The molecule has 0 aliphatic heterocycles. The third-order valence-corrected chi connectivity index (χ3v) is 5.82. The number of carbonyl (C=O) groups excluding carboxylic acids is 2. The Kier molecular flexibility index (Phi) is 6.81. The highest BCUT2D eigenvalue weighted by molar-refractivity contribution is 7.15. The van der Waals surface area contributed by atoms with Crippen molar-refractivity contribution in [2.75, 3.05) is 5.32 Å². The lowest BCUT2D eigenvalue weighted by atomic mass is 9.97. The summed E-state index contributed by atoms with van der Waals surface area (Å²) < 4.78 is 0. The summed E-state index contributed by atoms with van der Waals surface area (Å²) in [6, 6.07) is 18.3. The minimum atomic E-state index is -0.300. The van der Waals surface area contributed by atoms with Gasteiger partial charge in [0.05, 0.1) is 12.6 Å². The SMILES string of the molecule is CCCCC(=O)Nc1nnc(CC(=O)N/N=C\c2c3ccccc3cc3ccccc23)s1. The number of hydrogen-bond donors (Lipinski definition) is 2. The van der Waals surface area contributed by atoms with Crippen molar-refractivity contribution in [3.8, 4) is 0 Å². The van der Waals surface area contributed by atoms with Crippen molar-refractivity contribution in [2.45, 2.75) is 32.6 Å². The molecule has 3 aromatic carbocycles. The van der Waals surface area contributed by atoms with Gasteiger partial charge in [-0.15, -0.1) is 10.2 Å². The molecule has 0 bridgehead atoms. The van der Waals surface area contributed by atoms with Gasteiger partial charge in [-0.25, -0.2) is 5.43 Å². The molecule has 4 rings (SSSR count). The summed E-state index contributed by atoms with van der Waals surface area (Å²) in [7, 11) is 0. The molecule has 0 radical (unpaired) electrons. The average Bonchev–Trinajstić information content (AvgIpc) is 3.23. The molecule has 0 saturated heterocycles. The molecular formula is C24H23N5O2S. The first-order valence-corrected chi connectivity index (χ1v) is 11.3. The van der Waals surface area contributed by atoms with Crippen molar-refractivity contribution in [3.05, 3.63) is 65.2 Å². The van der Waals surface area contributed by atoms with Crippen LogP contribution < -0.4 is 10.7 Å². The maximum absolute atomic E-state index is 12.3. The summed E-state index contributed by atoms with van der Waals surface area (Å²) >= 11 is 1.19. The third kappa shape index (κ3) is 5.15. The third-order valence-electron chi connectivity index (χ3n) is 4.98. The van der Waals surface area contributed by atoms with Crippen LogP contribution in [0.2, 0.25) is 0 Å². The Balaban J connectivity index is 1.43. The fourth-order valence-electron chi connectivity index (χ4n) is 3.43. The lowest BCUT2D eigenvalue weighted by molar-refractivity contribution is -0.120. The molecule has 8 heteroatoms. The van der Waals surface area contributed by atoms with E-state index in [2.05, 4.69) is 44.2 Å². The Morgan fingerprint density at radius 2 is 1.69 bits per heavy atom. The lowest BCUT2D eigenvalue weighted by Crippen LogP contribution is -2.19. The van der Waals surface area contributed by atoms with Gasteiger partial charge < -0.3 is 5.32 Å². The number of hydrogen-bond acceptors (Lipinski definition) is 6. The van der Waals surface area contributed by atoms with Gasteiger partial charge >= 0.3 is 0 Å². The molecule has 0 aliphatic rings. The zero-order valence-corrected chi connectivity index (χ0v) is 18.5. The smallest absolute Gasteiger partial charge is 0.247 e. The molecule has 0 spiro atoms. The van der Waals surface area contributed by atoms with Gasteiger partial charge in [0.15, 0.2) is 0 Å². The summed E-state index contributed by atoms with van der Waals surface area (Å²) in [4.78, 5) is 24.1. The fourth-order valence-corrected chi connectivity index (χ4v) is 4.18. The monoisotopic (exact) mass is 445 g/mol. The highest BCUT2D eigenvalue weighted by Crippen LogP contribution is 2.27. The van der Waals surface area contributed by atoms with E-state index in [1.807, 2.05) is 43.3 Å². The Hall–Kier alpha value is -3.65. The van der Waals surface area contributed by atoms with Crippen LogP contribution in [0.1, 0.15) is 36.8 Å². The van der Waals surface area contributed by atoms with Crippen LogP contribution in [0.25, 0.3) is 21.5 Å². The Morgan fingerprint density at radius 3 is 2.38 bits per heavy atom. The first kappa shape index (κ1) is 21.6. The highest BCUT2D eigenvalue weighted by Gasteiger charge is 2.11. The van der Waals surface area contributed by atoms with Crippen LogP contribution in [0.15, 0.2) is 59.7 Å². The Labute approximate surface area is 189 Å². The van der Waals surface area contributed by atoms with E-state index in [4.69, 9.17) is 0 Å². The summed E-state index contributed by atoms with van der Waals surface area (Å²) in [5.41, 5.74) is 3.52. The summed E-state index contributed by atoms with van der Waals surface area (Å²) in [6.07, 6.45) is 3.94. The van der Waals surface area contributed by atoms with Crippen LogP contribution in [-0.2, 0) is 16.0 Å². The van der Waals surface area contributed by atoms with Crippen LogP contribution in [0.4, 0.5) is 5.13 Å². The first-order chi connectivity index (χ1) is 15.6. The first-order valence-electron chi connectivity index (χ1n) is 10.5. The summed E-state index contributed by atoms with van der Waals surface area (Å²) in [5.74, 6) is -0.392. The molecule has 0 aliphatic carbocycles. The fraction of sp³-hybridized carbons (Fsp3) is 0.208. The van der Waals surface area contributed by atoms with Gasteiger partial charge in [-0.05, 0) is 34.0 Å². The van der Waals surface area contributed by atoms with Gasteiger partial charge in [0.25, 0.3) is 0 Å². The molecule has 1 heterocycles. The lowest BCUT2D eigenvalue weighted by Gasteiger charge is -2.07. The number of amides is 2. The van der Waals surface area contributed by atoms with Gasteiger partial charge in [0, 0.05) is 12.0 Å². The molecule has 0 fully saturated rings. The predicted octanol–water partition coefficient (Wildman–Crippen LogP) is 4.67. The van der Waals surface area contributed by atoms with E-state index < -0.39 is 0 Å². The normalized spacial score (nSPS) is 11.3.